The molecule has 0 radical (unpaired) electrons. The SMILES string of the molecule is CCCCC(c1c[nH]c2ccccc12)(c1c[nH]c2c(C)cccc12)C(F)(F)F. The molecule has 2 heterocycles. The van der Waals surface area contributed by atoms with E-state index in [1.807, 2.05) is 38.1 Å². The summed E-state index contributed by atoms with van der Waals surface area (Å²) in [4.78, 5) is 6.16. The van der Waals surface area contributed by atoms with Crippen LogP contribution < -0.4 is 0 Å². The number of hydrogen-bond acceptors (Lipinski definition) is 0. The molecule has 4 aromatic rings. The molecule has 2 aromatic heterocycles. The van der Waals surface area contributed by atoms with Crippen LogP contribution in [0.3, 0.4) is 0 Å². The van der Waals surface area contributed by atoms with E-state index in [9.17, 15) is 13.2 Å². The van der Waals surface area contributed by atoms with Gasteiger partial charge in [0.2, 0.25) is 0 Å². The molecule has 1 unspecified atom stereocenters. The zero-order valence-electron chi connectivity index (χ0n) is 16.0. The number of nitrogens with one attached hydrogen (secondary N) is 2. The van der Waals surface area contributed by atoms with Crippen LogP contribution in [0.5, 0.6) is 0 Å². The number of unbranched alkanes of at least 4 members (excludes halogenated alkanes) is 1. The fourth-order valence-electron chi connectivity index (χ4n) is 4.39. The van der Waals surface area contributed by atoms with Crippen molar-refractivity contribution in [2.24, 2.45) is 0 Å². The van der Waals surface area contributed by atoms with Gasteiger partial charge in [0, 0.05) is 34.2 Å². The van der Waals surface area contributed by atoms with Gasteiger partial charge in [-0.2, -0.15) is 13.2 Å². The number of H-pyrrole nitrogens is 2. The Kier molecular flexibility index (Phi) is 4.48. The average Bonchev–Trinajstić information content (AvgIpc) is 3.28. The van der Waals surface area contributed by atoms with Gasteiger partial charge >= 0.3 is 6.18 Å². The molecule has 0 aliphatic rings. The predicted molar refractivity (Wildman–Crippen MR) is 108 cm³/mol. The normalized spacial score (nSPS) is 14.6. The highest BCUT2D eigenvalue weighted by Crippen LogP contribution is 2.53. The Morgan fingerprint density at radius 1 is 0.857 bits per heavy atom. The number of aryl methyl sites for hydroxylation is 1. The molecule has 0 aliphatic carbocycles. The standard InChI is InChI=1S/C23H23F3N2/c1-3-4-12-22(23(24,25)26,18-13-27-20-11-6-5-9-16(18)20)19-14-28-21-15(2)8-7-10-17(19)21/h5-11,13-14,27-28H,3-4,12H2,1-2H3. The number of hydrogen-bond donors (Lipinski definition) is 2. The Balaban J connectivity index is 2.10. The van der Waals surface area contributed by atoms with Crippen LogP contribution >= 0.6 is 0 Å². The fourth-order valence-corrected chi connectivity index (χ4v) is 4.39. The number of fused-ring (bicyclic) bond motifs is 2. The van der Waals surface area contributed by atoms with Crippen LogP contribution in [0.2, 0.25) is 0 Å². The fraction of sp³-hybridized carbons (Fsp3) is 0.304. The van der Waals surface area contributed by atoms with Crippen LogP contribution in [-0.2, 0) is 5.41 Å². The number of halogens is 3. The maximum absolute atomic E-state index is 15.0. The van der Waals surface area contributed by atoms with E-state index in [1.165, 1.54) is 0 Å². The number of benzene rings is 2. The first-order valence-electron chi connectivity index (χ1n) is 9.60. The van der Waals surface area contributed by atoms with Crippen LogP contribution in [-0.4, -0.2) is 16.1 Å². The van der Waals surface area contributed by atoms with Gasteiger partial charge in [-0.05, 0) is 36.1 Å². The van der Waals surface area contributed by atoms with Gasteiger partial charge in [0.15, 0.2) is 0 Å². The molecule has 0 bridgehead atoms. The predicted octanol–water partition coefficient (Wildman–Crippen LogP) is 7.00. The van der Waals surface area contributed by atoms with Gasteiger partial charge < -0.3 is 9.97 Å². The summed E-state index contributed by atoms with van der Waals surface area (Å²) in [7, 11) is 0. The highest BCUT2D eigenvalue weighted by molar-refractivity contribution is 5.91. The van der Waals surface area contributed by atoms with E-state index in [0.717, 1.165) is 16.6 Å². The van der Waals surface area contributed by atoms with Crippen molar-refractivity contribution in [3.8, 4) is 0 Å². The number of para-hydroxylation sites is 2. The molecule has 146 valence electrons. The molecule has 5 heteroatoms. The number of alkyl halides is 3. The second-order valence-electron chi connectivity index (χ2n) is 7.45. The van der Waals surface area contributed by atoms with Gasteiger partial charge in [0.25, 0.3) is 0 Å². The van der Waals surface area contributed by atoms with Crippen molar-refractivity contribution in [1.82, 2.24) is 9.97 Å². The average molecular weight is 384 g/mol. The number of aromatic amines is 2. The minimum atomic E-state index is -4.44. The van der Waals surface area contributed by atoms with Crippen molar-refractivity contribution in [3.63, 3.8) is 0 Å². The summed E-state index contributed by atoms with van der Waals surface area (Å²) in [6, 6.07) is 12.7. The lowest BCUT2D eigenvalue weighted by Gasteiger charge is -2.36. The lowest BCUT2D eigenvalue weighted by atomic mass is 9.70. The molecule has 0 saturated heterocycles. The zero-order valence-corrected chi connectivity index (χ0v) is 16.0. The van der Waals surface area contributed by atoms with Gasteiger partial charge in [0.05, 0.1) is 0 Å². The Labute approximate surface area is 161 Å². The summed E-state index contributed by atoms with van der Waals surface area (Å²) in [6.07, 6.45) is -0.147. The third-order valence-corrected chi connectivity index (χ3v) is 5.82. The van der Waals surface area contributed by atoms with Crippen molar-refractivity contribution in [3.05, 3.63) is 71.5 Å². The van der Waals surface area contributed by atoms with Crippen molar-refractivity contribution in [2.75, 3.05) is 0 Å². The quantitative estimate of drug-likeness (QED) is 0.371. The van der Waals surface area contributed by atoms with E-state index < -0.39 is 11.6 Å². The third kappa shape index (κ3) is 2.64. The van der Waals surface area contributed by atoms with Gasteiger partial charge in [-0.1, -0.05) is 56.2 Å². The molecule has 2 aromatic carbocycles. The molecule has 0 saturated carbocycles. The molecule has 0 spiro atoms. The molecular weight excluding hydrogens is 361 g/mol. The summed E-state index contributed by atoms with van der Waals surface area (Å²) in [5.74, 6) is 0. The van der Waals surface area contributed by atoms with E-state index >= 15 is 0 Å². The summed E-state index contributed by atoms with van der Waals surface area (Å²) >= 11 is 0. The molecule has 2 N–H and O–H groups in total. The Morgan fingerprint density at radius 3 is 2.29 bits per heavy atom. The maximum atomic E-state index is 15.0. The van der Waals surface area contributed by atoms with Crippen LogP contribution in [0.4, 0.5) is 13.2 Å². The van der Waals surface area contributed by atoms with E-state index in [2.05, 4.69) is 9.97 Å². The van der Waals surface area contributed by atoms with Gasteiger partial charge in [-0.3, -0.25) is 0 Å². The molecular formula is C23H23F3N2. The highest BCUT2D eigenvalue weighted by Gasteiger charge is 2.58. The van der Waals surface area contributed by atoms with Crippen LogP contribution in [0.1, 0.15) is 42.9 Å². The Bertz CT molecular complexity index is 1120. The lowest BCUT2D eigenvalue weighted by molar-refractivity contribution is -0.179. The Hall–Kier alpha value is -2.69. The van der Waals surface area contributed by atoms with Crippen molar-refractivity contribution < 1.29 is 13.2 Å². The minimum Gasteiger partial charge on any atom is -0.361 e. The molecule has 2 nitrogen and oxygen atoms in total. The molecule has 28 heavy (non-hydrogen) atoms. The maximum Gasteiger partial charge on any atom is 0.402 e. The molecule has 0 aliphatic heterocycles. The Morgan fingerprint density at radius 2 is 1.54 bits per heavy atom. The largest absolute Gasteiger partial charge is 0.402 e. The number of aromatic nitrogens is 2. The second kappa shape index (κ2) is 6.73. The van der Waals surface area contributed by atoms with Crippen LogP contribution in [0.25, 0.3) is 21.8 Å². The smallest absolute Gasteiger partial charge is 0.361 e. The molecule has 0 fully saturated rings. The molecule has 1 atom stereocenters. The van der Waals surface area contributed by atoms with Gasteiger partial charge in [-0.25, -0.2) is 0 Å². The summed E-state index contributed by atoms with van der Waals surface area (Å²) in [5, 5.41) is 1.26. The highest BCUT2D eigenvalue weighted by atomic mass is 19.4. The van der Waals surface area contributed by atoms with E-state index in [4.69, 9.17) is 0 Å². The van der Waals surface area contributed by atoms with Gasteiger partial charge in [0.1, 0.15) is 5.41 Å². The lowest BCUT2D eigenvalue weighted by Crippen LogP contribution is -2.43. The third-order valence-electron chi connectivity index (χ3n) is 5.82. The first kappa shape index (κ1) is 18.7. The van der Waals surface area contributed by atoms with E-state index in [0.29, 0.717) is 34.7 Å². The molecule has 0 amide bonds. The first-order valence-corrected chi connectivity index (χ1v) is 9.60. The van der Waals surface area contributed by atoms with Crippen molar-refractivity contribution in [2.45, 2.75) is 44.7 Å². The first-order chi connectivity index (χ1) is 13.4. The summed E-state index contributed by atoms with van der Waals surface area (Å²) < 4.78 is 44.9. The van der Waals surface area contributed by atoms with Crippen LogP contribution in [0.15, 0.2) is 54.9 Å². The summed E-state index contributed by atoms with van der Waals surface area (Å²) in [6.45, 7) is 3.84. The van der Waals surface area contributed by atoms with Crippen LogP contribution in [0, 0.1) is 6.92 Å². The van der Waals surface area contributed by atoms with E-state index in [1.54, 1.807) is 30.6 Å². The van der Waals surface area contributed by atoms with Gasteiger partial charge in [-0.15, -0.1) is 0 Å². The monoisotopic (exact) mass is 384 g/mol. The topological polar surface area (TPSA) is 31.6 Å². The number of rotatable bonds is 5. The van der Waals surface area contributed by atoms with Crippen molar-refractivity contribution >= 4 is 21.8 Å². The summed E-state index contributed by atoms with van der Waals surface area (Å²) in [5.41, 5.74) is 0.952. The minimum absolute atomic E-state index is 0.00967. The second-order valence-corrected chi connectivity index (χ2v) is 7.45. The molecule has 4 rings (SSSR count). The zero-order chi connectivity index (χ0) is 19.9. The van der Waals surface area contributed by atoms with E-state index in [-0.39, 0.29) is 6.42 Å². The van der Waals surface area contributed by atoms with Crippen molar-refractivity contribution in [1.29, 1.82) is 0 Å².